The topological polar surface area (TPSA) is 78.9 Å². The maximum atomic E-state index is 12.9. The third-order valence-electron chi connectivity index (χ3n) is 14.2. The van der Waals surface area contributed by atoms with Crippen LogP contribution in [0.2, 0.25) is 0 Å². The molecule has 1 atom stereocenters. The lowest BCUT2D eigenvalue weighted by Gasteiger charge is -2.18. The number of carbonyl (C=O) groups is 3. The lowest BCUT2D eigenvalue weighted by Crippen LogP contribution is -2.30. The zero-order valence-corrected chi connectivity index (χ0v) is 46.7. The van der Waals surface area contributed by atoms with E-state index in [1.807, 2.05) is 0 Å². The second-order valence-electron chi connectivity index (χ2n) is 22.3. The lowest BCUT2D eigenvalue weighted by atomic mass is 10.0. The van der Waals surface area contributed by atoms with Crippen LogP contribution in [0, 0.1) is 11.8 Å². The third kappa shape index (κ3) is 55.3. The molecule has 6 nitrogen and oxygen atoms in total. The monoisotopic (exact) mass is 961 g/mol. The first-order chi connectivity index (χ1) is 33.2. The Bertz CT molecular complexity index is 1040. The summed E-state index contributed by atoms with van der Waals surface area (Å²) in [6, 6.07) is 0. The van der Waals surface area contributed by atoms with Gasteiger partial charge in [0, 0.05) is 19.3 Å². The first kappa shape index (κ1) is 66.4. The van der Waals surface area contributed by atoms with Gasteiger partial charge in [0.2, 0.25) is 0 Å². The Hall–Kier alpha value is -1.59. The summed E-state index contributed by atoms with van der Waals surface area (Å²) in [5.74, 6) is 0.858. The molecule has 6 heteroatoms. The van der Waals surface area contributed by atoms with E-state index in [-0.39, 0.29) is 31.1 Å². The van der Waals surface area contributed by atoms with Crippen LogP contribution >= 0.6 is 0 Å². The van der Waals surface area contributed by atoms with Gasteiger partial charge in [0.1, 0.15) is 13.2 Å². The van der Waals surface area contributed by atoms with Gasteiger partial charge in [-0.25, -0.2) is 0 Å². The van der Waals surface area contributed by atoms with E-state index in [0.29, 0.717) is 19.3 Å². The Morgan fingerprint density at radius 1 is 0.279 bits per heavy atom. The molecular weight excluding hydrogens is 841 g/mol. The Kier molecular flexibility index (Phi) is 53.5. The summed E-state index contributed by atoms with van der Waals surface area (Å²) >= 11 is 0. The second kappa shape index (κ2) is 54.7. The van der Waals surface area contributed by atoms with Crippen molar-refractivity contribution in [2.45, 2.75) is 355 Å². The van der Waals surface area contributed by atoms with Gasteiger partial charge in [-0.05, 0) is 31.1 Å². The summed E-state index contributed by atoms with van der Waals surface area (Å²) in [6.45, 7) is 11.4. The molecule has 0 spiro atoms. The Morgan fingerprint density at radius 3 is 0.721 bits per heavy atom. The molecule has 68 heavy (non-hydrogen) atoms. The quantitative estimate of drug-likeness (QED) is 0.0343. The zero-order chi connectivity index (χ0) is 49.6. The van der Waals surface area contributed by atoms with Crippen LogP contribution in [0.25, 0.3) is 0 Å². The predicted molar refractivity (Wildman–Crippen MR) is 293 cm³/mol. The van der Waals surface area contributed by atoms with Crippen LogP contribution in [-0.4, -0.2) is 37.2 Å². The number of unbranched alkanes of at least 4 members (excludes halogenated alkanes) is 41. The third-order valence-corrected chi connectivity index (χ3v) is 14.2. The maximum absolute atomic E-state index is 12.9. The number of hydrogen-bond acceptors (Lipinski definition) is 6. The molecule has 0 saturated carbocycles. The van der Waals surface area contributed by atoms with Gasteiger partial charge in [-0.1, -0.05) is 311 Å². The summed E-state index contributed by atoms with van der Waals surface area (Å²) in [7, 11) is 0. The van der Waals surface area contributed by atoms with Crippen LogP contribution in [0.3, 0.4) is 0 Å². The van der Waals surface area contributed by atoms with Crippen molar-refractivity contribution in [2.75, 3.05) is 13.2 Å². The van der Waals surface area contributed by atoms with E-state index in [1.54, 1.807) is 0 Å². The highest BCUT2D eigenvalue weighted by Gasteiger charge is 2.19. The fraction of sp³-hybridized carbons (Fsp3) is 0.952. The highest BCUT2D eigenvalue weighted by Crippen LogP contribution is 2.19. The lowest BCUT2D eigenvalue weighted by molar-refractivity contribution is -0.167. The molecule has 0 aliphatic rings. The van der Waals surface area contributed by atoms with E-state index in [9.17, 15) is 14.4 Å². The predicted octanol–water partition coefficient (Wildman–Crippen LogP) is 20.4. The number of hydrogen-bond donors (Lipinski definition) is 0. The Balaban J connectivity index is 4.29. The van der Waals surface area contributed by atoms with Gasteiger partial charge in [0.25, 0.3) is 0 Å². The van der Waals surface area contributed by atoms with Crippen molar-refractivity contribution < 1.29 is 28.6 Å². The van der Waals surface area contributed by atoms with Crippen molar-refractivity contribution in [1.29, 1.82) is 0 Å². The molecule has 0 amide bonds. The smallest absolute Gasteiger partial charge is 0.306 e. The molecule has 0 heterocycles. The van der Waals surface area contributed by atoms with Gasteiger partial charge in [0.05, 0.1) is 0 Å². The molecule has 0 saturated heterocycles. The number of esters is 3. The molecule has 0 aromatic carbocycles. The van der Waals surface area contributed by atoms with Crippen LogP contribution in [-0.2, 0) is 28.6 Å². The minimum Gasteiger partial charge on any atom is -0.462 e. The van der Waals surface area contributed by atoms with E-state index in [4.69, 9.17) is 14.2 Å². The standard InChI is InChI=1S/C62H120O6/c1-6-7-8-9-10-11-12-13-16-22-27-32-37-42-47-52-60(63)66-55-59(56-67-61(64)53-48-43-38-33-28-24-19-21-26-31-36-41-46-51-58(4)5)68-62(65)54-49-44-39-34-29-23-18-15-14-17-20-25-30-35-40-45-50-57(2)3/h57-59H,6-56H2,1-5H3/t59-/m0/s1. The van der Waals surface area contributed by atoms with Crippen LogP contribution in [0.4, 0.5) is 0 Å². The molecule has 0 aliphatic heterocycles. The highest BCUT2D eigenvalue weighted by molar-refractivity contribution is 5.71. The summed E-state index contributed by atoms with van der Waals surface area (Å²) < 4.78 is 16.9. The Labute approximate surface area is 425 Å². The van der Waals surface area contributed by atoms with Gasteiger partial charge >= 0.3 is 17.9 Å². The van der Waals surface area contributed by atoms with E-state index in [1.165, 1.54) is 238 Å². The van der Waals surface area contributed by atoms with Crippen molar-refractivity contribution in [2.24, 2.45) is 11.8 Å². The maximum Gasteiger partial charge on any atom is 0.306 e. The highest BCUT2D eigenvalue weighted by atomic mass is 16.6. The molecule has 0 bridgehead atoms. The largest absolute Gasteiger partial charge is 0.462 e. The van der Waals surface area contributed by atoms with Crippen LogP contribution in [0.1, 0.15) is 349 Å². The van der Waals surface area contributed by atoms with Crippen molar-refractivity contribution in [1.82, 2.24) is 0 Å². The van der Waals surface area contributed by atoms with E-state index >= 15 is 0 Å². The molecular formula is C62H120O6. The van der Waals surface area contributed by atoms with E-state index in [2.05, 4.69) is 34.6 Å². The molecule has 0 N–H and O–H groups in total. The second-order valence-corrected chi connectivity index (χ2v) is 22.3. The summed E-state index contributed by atoms with van der Waals surface area (Å²) in [6.07, 6.45) is 59.5. The molecule has 0 unspecified atom stereocenters. The number of carbonyl (C=O) groups excluding carboxylic acids is 3. The fourth-order valence-corrected chi connectivity index (χ4v) is 9.58. The normalized spacial score (nSPS) is 12.0. The average molecular weight is 962 g/mol. The van der Waals surface area contributed by atoms with E-state index < -0.39 is 6.10 Å². The summed E-state index contributed by atoms with van der Waals surface area (Å²) in [4.78, 5) is 38.2. The van der Waals surface area contributed by atoms with Gasteiger partial charge in [0.15, 0.2) is 6.10 Å². The van der Waals surface area contributed by atoms with Crippen molar-refractivity contribution in [3.05, 3.63) is 0 Å². The van der Waals surface area contributed by atoms with Gasteiger partial charge in [-0.3, -0.25) is 14.4 Å². The van der Waals surface area contributed by atoms with Gasteiger partial charge in [-0.2, -0.15) is 0 Å². The number of rotatable bonds is 56. The molecule has 0 radical (unpaired) electrons. The molecule has 0 aromatic heterocycles. The van der Waals surface area contributed by atoms with Crippen LogP contribution in [0.15, 0.2) is 0 Å². The Morgan fingerprint density at radius 2 is 0.485 bits per heavy atom. The van der Waals surface area contributed by atoms with Crippen molar-refractivity contribution >= 4 is 17.9 Å². The molecule has 0 rings (SSSR count). The molecule has 0 aliphatic carbocycles. The average Bonchev–Trinajstić information content (AvgIpc) is 3.31. The van der Waals surface area contributed by atoms with Crippen LogP contribution < -0.4 is 0 Å². The van der Waals surface area contributed by atoms with Crippen LogP contribution in [0.5, 0.6) is 0 Å². The van der Waals surface area contributed by atoms with E-state index in [0.717, 1.165) is 69.6 Å². The summed E-state index contributed by atoms with van der Waals surface area (Å²) in [5.41, 5.74) is 0. The minimum absolute atomic E-state index is 0.0620. The minimum atomic E-state index is -0.763. The zero-order valence-electron chi connectivity index (χ0n) is 46.7. The molecule has 0 fully saturated rings. The fourth-order valence-electron chi connectivity index (χ4n) is 9.58. The summed E-state index contributed by atoms with van der Waals surface area (Å²) in [5, 5.41) is 0. The van der Waals surface area contributed by atoms with Crippen molar-refractivity contribution in [3.63, 3.8) is 0 Å². The first-order valence-corrected chi connectivity index (χ1v) is 30.7. The number of ether oxygens (including phenoxy) is 3. The van der Waals surface area contributed by atoms with Crippen molar-refractivity contribution in [3.8, 4) is 0 Å². The van der Waals surface area contributed by atoms with Gasteiger partial charge in [-0.15, -0.1) is 0 Å². The first-order valence-electron chi connectivity index (χ1n) is 30.7. The van der Waals surface area contributed by atoms with Gasteiger partial charge < -0.3 is 14.2 Å². The SMILES string of the molecule is CCCCCCCCCCCCCCCCCC(=O)OC[C@@H](COC(=O)CCCCCCCCCCCCCCCC(C)C)OC(=O)CCCCCCCCCCCCCCCCCCC(C)C. The molecule has 0 aromatic rings. The molecule has 404 valence electrons.